The topological polar surface area (TPSA) is 49.3 Å². The predicted molar refractivity (Wildman–Crippen MR) is 80.6 cm³/mol. The van der Waals surface area contributed by atoms with Crippen LogP contribution >= 0.6 is 11.8 Å². The molecule has 0 bridgehead atoms. The van der Waals surface area contributed by atoms with Crippen molar-refractivity contribution >= 4 is 17.7 Å². The second-order valence-electron chi connectivity index (χ2n) is 4.71. The fraction of sp³-hybridized carbons (Fsp3) is 0.533. The Morgan fingerprint density at radius 3 is 2.74 bits per heavy atom. The fourth-order valence-electron chi connectivity index (χ4n) is 1.53. The lowest BCUT2D eigenvalue weighted by molar-refractivity contribution is -0.121. The highest BCUT2D eigenvalue weighted by molar-refractivity contribution is 7.99. The maximum atomic E-state index is 11.5. The standard InChI is InChI=1S/C15H23NO2S/c1-4-13(17)10-16-15(18)7-8-19-14-6-5-11(2)12(3)9-14/h5-6,9,13,17H,4,7-8,10H2,1-3H3,(H,16,18). The molecular weight excluding hydrogens is 258 g/mol. The molecule has 0 spiro atoms. The van der Waals surface area contributed by atoms with Gasteiger partial charge in [-0.3, -0.25) is 4.79 Å². The van der Waals surface area contributed by atoms with Gasteiger partial charge in [0.25, 0.3) is 0 Å². The van der Waals surface area contributed by atoms with Gasteiger partial charge in [-0.25, -0.2) is 0 Å². The van der Waals surface area contributed by atoms with E-state index in [9.17, 15) is 9.90 Å². The van der Waals surface area contributed by atoms with Gasteiger partial charge in [0.1, 0.15) is 0 Å². The molecule has 0 aliphatic carbocycles. The molecule has 1 amide bonds. The quantitative estimate of drug-likeness (QED) is 0.755. The van der Waals surface area contributed by atoms with E-state index in [0.29, 0.717) is 19.4 Å². The van der Waals surface area contributed by atoms with Gasteiger partial charge in [0.2, 0.25) is 5.91 Å². The van der Waals surface area contributed by atoms with Crippen LogP contribution < -0.4 is 5.32 Å². The number of hydrogen-bond donors (Lipinski definition) is 2. The Morgan fingerprint density at radius 2 is 2.11 bits per heavy atom. The summed E-state index contributed by atoms with van der Waals surface area (Å²) in [6, 6.07) is 6.35. The van der Waals surface area contributed by atoms with Gasteiger partial charge in [-0.1, -0.05) is 13.0 Å². The molecule has 0 saturated heterocycles. The first-order valence-electron chi connectivity index (χ1n) is 6.67. The highest BCUT2D eigenvalue weighted by Gasteiger charge is 2.05. The lowest BCUT2D eigenvalue weighted by Crippen LogP contribution is -2.31. The first-order valence-corrected chi connectivity index (χ1v) is 7.66. The molecule has 0 saturated carbocycles. The van der Waals surface area contributed by atoms with E-state index in [1.165, 1.54) is 16.0 Å². The van der Waals surface area contributed by atoms with E-state index < -0.39 is 6.10 Å². The average molecular weight is 281 g/mol. The third kappa shape index (κ3) is 6.12. The van der Waals surface area contributed by atoms with Crippen LogP contribution in [-0.4, -0.2) is 29.4 Å². The summed E-state index contributed by atoms with van der Waals surface area (Å²) >= 11 is 1.69. The number of carbonyl (C=O) groups is 1. The molecule has 106 valence electrons. The Bertz CT molecular complexity index is 421. The monoisotopic (exact) mass is 281 g/mol. The molecule has 0 fully saturated rings. The highest BCUT2D eigenvalue weighted by Crippen LogP contribution is 2.21. The van der Waals surface area contributed by atoms with Crippen LogP contribution in [-0.2, 0) is 4.79 Å². The lowest BCUT2D eigenvalue weighted by atomic mass is 10.1. The van der Waals surface area contributed by atoms with Crippen LogP contribution in [0.5, 0.6) is 0 Å². The minimum absolute atomic E-state index is 0.00355. The van der Waals surface area contributed by atoms with Gasteiger partial charge in [0, 0.05) is 23.6 Å². The number of aliphatic hydroxyl groups excluding tert-OH is 1. The van der Waals surface area contributed by atoms with Gasteiger partial charge < -0.3 is 10.4 Å². The summed E-state index contributed by atoms with van der Waals surface area (Å²) in [4.78, 5) is 12.7. The van der Waals surface area contributed by atoms with Crippen LogP contribution in [0.4, 0.5) is 0 Å². The number of thioether (sulfide) groups is 1. The van der Waals surface area contributed by atoms with Gasteiger partial charge in [-0.15, -0.1) is 11.8 Å². The SMILES string of the molecule is CCC(O)CNC(=O)CCSc1ccc(C)c(C)c1. The molecule has 2 N–H and O–H groups in total. The smallest absolute Gasteiger partial charge is 0.220 e. The molecule has 0 radical (unpaired) electrons. The summed E-state index contributed by atoms with van der Waals surface area (Å²) < 4.78 is 0. The van der Waals surface area contributed by atoms with Gasteiger partial charge in [-0.2, -0.15) is 0 Å². The summed E-state index contributed by atoms with van der Waals surface area (Å²) in [6.07, 6.45) is 0.711. The molecule has 0 heterocycles. The second-order valence-corrected chi connectivity index (χ2v) is 5.88. The maximum Gasteiger partial charge on any atom is 0.220 e. The van der Waals surface area contributed by atoms with Crippen molar-refractivity contribution < 1.29 is 9.90 Å². The second kappa shape index (κ2) is 8.23. The van der Waals surface area contributed by atoms with Crippen LogP contribution in [0.15, 0.2) is 23.1 Å². The van der Waals surface area contributed by atoms with Crippen molar-refractivity contribution in [2.24, 2.45) is 0 Å². The number of aliphatic hydroxyl groups is 1. The number of carbonyl (C=O) groups excluding carboxylic acids is 1. The zero-order valence-corrected chi connectivity index (χ0v) is 12.7. The number of rotatable bonds is 7. The minimum Gasteiger partial charge on any atom is -0.391 e. The van der Waals surface area contributed by atoms with Gasteiger partial charge in [0.15, 0.2) is 0 Å². The molecule has 1 aromatic carbocycles. The van der Waals surface area contributed by atoms with Crippen LogP contribution in [0.3, 0.4) is 0 Å². The van der Waals surface area contributed by atoms with Crippen LogP contribution in [0, 0.1) is 13.8 Å². The van der Waals surface area contributed by atoms with Crippen molar-refractivity contribution in [2.75, 3.05) is 12.3 Å². The fourth-order valence-corrected chi connectivity index (χ4v) is 2.48. The van der Waals surface area contributed by atoms with Gasteiger partial charge >= 0.3 is 0 Å². The summed E-state index contributed by atoms with van der Waals surface area (Å²) in [7, 11) is 0. The molecule has 0 aromatic heterocycles. The number of benzene rings is 1. The van der Waals surface area contributed by atoms with E-state index in [4.69, 9.17) is 0 Å². The van der Waals surface area contributed by atoms with Crippen molar-refractivity contribution in [3.05, 3.63) is 29.3 Å². The molecule has 0 aliphatic rings. The van der Waals surface area contributed by atoms with Gasteiger partial charge in [-0.05, 0) is 43.5 Å². The van der Waals surface area contributed by atoms with Crippen molar-refractivity contribution in [3.63, 3.8) is 0 Å². The Hall–Kier alpha value is -1.00. The molecule has 1 unspecified atom stereocenters. The molecule has 1 aromatic rings. The predicted octanol–water partition coefficient (Wildman–Crippen LogP) is 2.67. The largest absolute Gasteiger partial charge is 0.391 e. The summed E-state index contributed by atoms with van der Waals surface area (Å²) in [6.45, 7) is 6.44. The van der Waals surface area contributed by atoms with E-state index in [0.717, 1.165) is 5.75 Å². The summed E-state index contributed by atoms with van der Waals surface area (Å²) in [5.74, 6) is 0.764. The molecule has 0 aliphatic heterocycles. The van der Waals surface area contributed by atoms with E-state index >= 15 is 0 Å². The number of hydrogen-bond acceptors (Lipinski definition) is 3. The van der Waals surface area contributed by atoms with Crippen molar-refractivity contribution in [1.29, 1.82) is 0 Å². The zero-order valence-electron chi connectivity index (χ0n) is 11.9. The Morgan fingerprint density at radius 1 is 1.37 bits per heavy atom. The van der Waals surface area contributed by atoms with Crippen molar-refractivity contribution in [2.45, 2.75) is 44.6 Å². The Labute approximate surface area is 119 Å². The first-order chi connectivity index (χ1) is 9.02. The minimum atomic E-state index is -0.434. The van der Waals surface area contributed by atoms with Crippen molar-refractivity contribution in [3.8, 4) is 0 Å². The number of nitrogens with one attached hydrogen (secondary N) is 1. The third-order valence-corrected chi connectivity index (χ3v) is 4.08. The highest BCUT2D eigenvalue weighted by atomic mass is 32.2. The molecule has 1 atom stereocenters. The Balaban J connectivity index is 2.26. The zero-order chi connectivity index (χ0) is 14.3. The molecule has 4 heteroatoms. The summed E-state index contributed by atoms with van der Waals surface area (Å²) in [5, 5.41) is 12.1. The third-order valence-electron chi connectivity index (χ3n) is 3.08. The summed E-state index contributed by atoms with van der Waals surface area (Å²) in [5.41, 5.74) is 2.57. The average Bonchev–Trinajstić information content (AvgIpc) is 2.40. The van der Waals surface area contributed by atoms with Crippen molar-refractivity contribution in [1.82, 2.24) is 5.32 Å². The number of amides is 1. The van der Waals surface area contributed by atoms with Gasteiger partial charge in [0.05, 0.1) is 6.10 Å². The van der Waals surface area contributed by atoms with Crippen LogP contribution in [0.25, 0.3) is 0 Å². The van der Waals surface area contributed by atoms with E-state index in [1.807, 2.05) is 6.92 Å². The van der Waals surface area contributed by atoms with E-state index in [1.54, 1.807) is 11.8 Å². The normalized spacial score (nSPS) is 12.2. The maximum absolute atomic E-state index is 11.5. The molecular formula is C15H23NO2S. The van der Waals surface area contributed by atoms with E-state index in [2.05, 4.69) is 37.4 Å². The number of aryl methyl sites for hydroxylation is 2. The lowest BCUT2D eigenvalue weighted by Gasteiger charge is -2.09. The van der Waals surface area contributed by atoms with E-state index in [-0.39, 0.29) is 5.91 Å². The first kappa shape index (κ1) is 16.1. The Kier molecular flexibility index (Phi) is 6.95. The molecule has 3 nitrogen and oxygen atoms in total. The molecule has 19 heavy (non-hydrogen) atoms. The van der Waals surface area contributed by atoms with Crippen LogP contribution in [0.1, 0.15) is 30.9 Å². The molecule has 1 rings (SSSR count). The van der Waals surface area contributed by atoms with Crippen LogP contribution in [0.2, 0.25) is 0 Å².